The minimum absolute atomic E-state index is 0.0951. The summed E-state index contributed by atoms with van der Waals surface area (Å²) in [6.45, 7) is -0.965. The fraction of sp³-hybridized carbons (Fsp3) is 0.467. The Hall–Kier alpha value is -4.10. The van der Waals surface area contributed by atoms with E-state index in [4.69, 9.17) is 8.85 Å². The van der Waals surface area contributed by atoms with Crippen LogP contribution in [-0.2, 0) is 4.79 Å². The van der Waals surface area contributed by atoms with E-state index in [0.29, 0.717) is 38.6 Å². The van der Waals surface area contributed by atoms with Crippen molar-refractivity contribution in [2.75, 3.05) is 38.8 Å². The Kier molecular flexibility index (Phi) is 8.04. The molecule has 3 aromatic rings. The lowest BCUT2D eigenvalue weighted by Crippen LogP contribution is -2.41. The molecule has 2 aliphatic rings. The topological polar surface area (TPSA) is 150 Å². The summed E-state index contributed by atoms with van der Waals surface area (Å²) in [5.41, 5.74) is 1.41. The van der Waals surface area contributed by atoms with Gasteiger partial charge in [0, 0.05) is 35.2 Å². The molecule has 13 heteroatoms. The van der Waals surface area contributed by atoms with Crippen molar-refractivity contribution in [1.82, 2.24) is 30.7 Å². The van der Waals surface area contributed by atoms with E-state index in [1.54, 1.807) is 25.1 Å². The van der Waals surface area contributed by atoms with Gasteiger partial charge in [-0.3, -0.25) is 14.4 Å². The standard InChI is InChI=1S/C30H38N8O4S/c1-16-26(29(41)33-18-11-13-19(14-12-18)38(3)4)43-30(32-16)20-7-6-8-21(25(20)42-5)34-22-15-23(35-27(39)17-9-10-17)36-37-24(22)28(40)31-2/h6-8,15,17-19H,9-14H2,1-5H3,(H,31,40)(H,33,41)(H2,34,35,36,39)/i2D3. The number of nitrogens with zero attached hydrogens (tertiary/aromatic N) is 4. The van der Waals surface area contributed by atoms with Crippen LogP contribution in [-0.4, -0.2) is 78.1 Å². The fourth-order valence-electron chi connectivity index (χ4n) is 5.23. The van der Waals surface area contributed by atoms with Gasteiger partial charge in [0.25, 0.3) is 11.8 Å². The maximum Gasteiger partial charge on any atom is 0.273 e. The Morgan fingerprint density at radius 2 is 1.81 bits per heavy atom. The average Bonchev–Trinajstić information content (AvgIpc) is 3.78. The zero-order valence-corrected chi connectivity index (χ0v) is 25.4. The molecule has 2 aromatic heterocycles. The number of methoxy groups -OCH3 is 1. The van der Waals surface area contributed by atoms with E-state index in [1.165, 1.54) is 24.5 Å². The summed E-state index contributed by atoms with van der Waals surface area (Å²) in [7, 11) is 5.65. The van der Waals surface area contributed by atoms with Crippen LogP contribution >= 0.6 is 11.3 Å². The van der Waals surface area contributed by atoms with E-state index in [9.17, 15) is 14.4 Å². The summed E-state index contributed by atoms with van der Waals surface area (Å²) < 4.78 is 28.1. The van der Waals surface area contributed by atoms with Crippen LogP contribution in [0.25, 0.3) is 10.6 Å². The first-order valence-corrected chi connectivity index (χ1v) is 15.0. The van der Waals surface area contributed by atoms with E-state index in [-0.39, 0.29) is 41.0 Å². The Bertz CT molecular complexity index is 1620. The van der Waals surface area contributed by atoms with Crippen LogP contribution in [0.1, 0.15) is 68.5 Å². The zero-order valence-electron chi connectivity index (χ0n) is 27.6. The molecule has 0 atom stereocenters. The molecular weight excluding hydrogens is 568 g/mol. The molecular formula is C30H38N8O4S. The number of anilines is 3. The number of hydrogen-bond donors (Lipinski definition) is 4. The van der Waals surface area contributed by atoms with Crippen LogP contribution in [0.2, 0.25) is 0 Å². The van der Waals surface area contributed by atoms with E-state index >= 15 is 0 Å². The van der Waals surface area contributed by atoms with Crippen LogP contribution in [0.4, 0.5) is 17.2 Å². The number of rotatable bonds is 10. The van der Waals surface area contributed by atoms with E-state index in [2.05, 4.69) is 50.1 Å². The van der Waals surface area contributed by atoms with E-state index < -0.39 is 12.9 Å². The molecule has 0 aliphatic heterocycles. The summed E-state index contributed by atoms with van der Waals surface area (Å²) in [6, 6.07) is 7.32. The van der Waals surface area contributed by atoms with Gasteiger partial charge in [-0.1, -0.05) is 6.07 Å². The van der Waals surface area contributed by atoms with Crippen molar-refractivity contribution in [2.24, 2.45) is 5.92 Å². The van der Waals surface area contributed by atoms with Gasteiger partial charge in [0.15, 0.2) is 17.3 Å². The van der Waals surface area contributed by atoms with Crippen molar-refractivity contribution < 1.29 is 23.2 Å². The largest absolute Gasteiger partial charge is 0.494 e. The van der Waals surface area contributed by atoms with Gasteiger partial charge >= 0.3 is 0 Å². The number of para-hydroxylation sites is 1. The number of nitrogens with one attached hydrogen (secondary N) is 4. The number of benzene rings is 1. The third kappa shape index (κ3) is 6.94. The van der Waals surface area contributed by atoms with Crippen molar-refractivity contribution in [3.63, 3.8) is 0 Å². The highest BCUT2D eigenvalue weighted by molar-refractivity contribution is 7.17. The van der Waals surface area contributed by atoms with Crippen LogP contribution in [0.15, 0.2) is 24.3 Å². The van der Waals surface area contributed by atoms with E-state index in [1.807, 2.05) is 5.32 Å². The quantitative estimate of drug-likeness (QED) is 0.268. The number of thiazole rings is 1. The predicted molar refractivity (Wildman–Crippen MR) is 166 cm³/mol. The molecule has 0 spiro atoms. The van der Waals surface area contributed by atoms with Crippen molar-refractivity contribution in [3.8, 4) is 16.3 Å². The summed E-state index contributed by atoms with van der Waals surface area (Å²) in [6.07, 6.45) is 5.47. The van der Waals surface area contributed by atoms with Gasteiger partial charge in [0.2, 0.25) is 5.91 Å². The molecule has 0 saturated heterocycles. The second-order valence-corrected chi connectivity index (χ2v) is 12.1. The van der Waals surface area contributed by atoms with Gasteiger partial charge in [0.1, 0.15) is 9.88 Å². The van der Waals surface area contributed by atoms with Crippen LogP contribution in [0.5, 0.6) is 5.75 Å². The lowest BCUT2D eigenvalue weighted by molar-refractivity contribution is -0.117. The SMILES string of the molecule is [2H]C([2H])([2H])NC(=O)c1nnc(NC(=O)C2CC2)cc1Nc1cccc(-c2nc(C)c(C(=O)NC3CCC(N(C)C)CC3)s2)c1OC. The molecule has 0 bridgehead atoms. The van der Waals surface area contributed by atoms with Gasteiger partial charge in [0.05, 0.1) is 29.7 Å². The van der Waals surface area contributed by atoms with Crippen LogP contribution in [0, 0.1) is 12.8 Å². The highest BCUT2D eigenvalue weighted by atomic mass is 32.1. The Morgan fingerprint density at radius 1 is 1.05 bits per heavy atom. The molecule has 12 nitrogen and oxygen atoms in total. The van der Waals surface area contributed by atoms with Crippen molar-refractivity contribution in [2.45, 2.75) is 57.5 Å². The molecule has 2 heterocycles. The number of ether oxygens (including phenoxy) is 1. The first-order valence-electron chi connectivity index (χ1n) is 15.7. The number of amides is 3. The molecule has 4 N–H and O–H groups in total. The number of carbonyl (C=O) groups excluding carboxylic acids is 3. The average molecular weight is 610 g/mol. The Labute approximate surface area is 259 Å². The van der Waals surface area contributed by atoms with Crippen LogP contribution < -0.4 is 26.0 Å². The summed E-state index contributed by atoms with van der Waals surface area (Å²) in [4.78, 5) is 46.0. The molecule has 43 heavy (non-hydrogen) atoms. The highest BCUT2D eigenvalue weighted by Crippen LogP contribution is 2.41. The minimum atomic E-state index is -2.76. The molecule has 3 amide bonds. The summed E-state index contributed by atoms with van der Waals surface area (Å²) in [5.74, 6) is -0.975. The molecule has 228 valence electrons. The third-order valence-corrected chi connectivity index (χ3v) is 9.00. The monoisotopic (exact) mass is 609 g/mol. The zero-order chi connectivity index (χ0) is 33.2. The number of aryl methyl sites for hydroxylation is 1. The molecule has 5 rings (SSSR count). The minimum Gasteiger partial charge on any atom is -0.494 e. The Morgan fingerprint density at radius 3 is 2.49 bits per heavy atom. The molecule has 1 aromatic carbocycles. The smallest absolute Gasteiger partial charge is 0.273 e. The highest BCUT2D eigenvalue weighted by Gasteiger charge is 2.30. The predicted octanol–water partition coefficient (Wildman–Crippen LogP) is 3.97. The van der Waals surface area contributed by atoms with Gasteiger partial charge < -0.3 is 30.9 Å². The lowest BCUT2D eigenvalue weighted by Gasteiger charge is -2.32. The molecule has 2 aliphatic carbocycles. The van der Waals surface area contributed by atoms with Gasteiger partial charge in [-0.2, -0.15) is 0 Å². The summed E-state index contributed by atoms with van der Waals surface area (Å²) in [5, 5.41) is 19.3. The van der Waals surface area contributed by atoms with Crippen molar-refractivity contribution in [3.05, 3.63) is 40.5 Å². The Balaban J connectivity index is 1.40. The van der Waals surface area contributed by atoms with Gasteiger partial charge in [-0.15, -0.1) is 21.5 Å². The molecule has 0 radical (unpaired) electrons. The van der Waals surface area contributed by atoms with Crippen molar-refractivity contribution >= 4 is 46.3 Å². The van der Waals surface area contributed by atoms with Crippen molar-refractivity contribution in [1.29, 1.82) is 0 Å². The number of aromatic nitrogens is 3. The normalized spacial score (nSPS) is 19.5. The van der Waals surface area contributed by atoms with Gasteiger partial charge in [-0.05, 0) is 71.7 Å². The maximum absolute atomic E-state index is 13.3. The van der Waals surface area contributed by atoms with Gasteiger partial charge in [-0.25, -0.2) is 4.98 Å². The first-order chi connectivity index (χ1) is 21.8. The number of carbonyl (C=O) groups is 3. The molecule has 2 fully saturated rings. The summed E-state index contributed by atoms with van der Waals surface area (Å²) >= 11 is 1.26. The molecule has 0 unspecified atom stereocenters. The third-order valence-electron chi connectivity index (χ3n) is 7.81. The number of hydrogen-bond acceptors (Lipinski definition) is 10. The van der Waals surface area contributed by atoms with E-state index in [0.717, 1.165) is 38.5 Å². The molecule has 2 saturated carbocycles. The second kappa shape index (κ2) is 13.0. The fourth-order valence-corrected chi connectivity index (χ4v) is 6.22. The first kappa shape index (κ1) is 26.5. The lowest BCUT2D eigenvalue weighted by atomic mass is 9.90. The maximum atomic E-state index is 13.3. The second-order valence-electron chi connectivity index (χ2n) is 11.1. The van der Waals surface area contributed by atoms with Crippen LogP contribution in [0.3, 0.4) is 0 Å².